The summed E-state index contributed by atoms with van der Waals surface area (Å²) in [5.41, 5.74) is 2.46. The second-order valence-corrected chi connectivity index (χ2v) is 17.5. The van der Waals surface area contributed by atoms with E-state index in [2.05, 4.69) is 25.4 Å². The van der Waals surface area contributed by atoms with Crippen LogP contribution in [0.4, 0.5) is 10.6 Å². The molecule has 2 aliphatic heterocycles. The largest absolute Gasteiger partial charge is 0.486 e. The van der Waals surface area contributed by atoms with Gasteiger partial charge in [0, 0.05) is 87.3 Å². The molecule has 0 bridgehead atoms. The first-order chi connectivity index (χ1) is 25.7. The van der Waals surface area contributed by atoms with Crippen molar-refractivity contribution in [2.75, 3.05) is 50.7 Å². The number of aromatic nitrogens is 4. The topological polar surface area (TPSA) is 163 Å². The Kier molecular flexibility index (Phi) is 12.2. The molecule has 1 atom stereocenters. The van der Waals surface area contributed by atoms with Gasteiger partial charge in [-0.25, -0.2) is 18.2 Å². The maximum absolute atomic E-state index is 13.6. The van der Waals surface area contributed by atoms with E-state index in [-0.39, 0.29) is 12.3 Å². The van der Waals surface area contributed by atoms with Crippen molar-refractivity contribution in [3.63, 3.8) is 0 Å². The molecular formula is C37H46Cl2N8O6S. The van der Waals surface area contributed by atoms with Crippen LogP contribution < -0.4 is 15.0 Å². The van der Waals surface area contributed by atoms with Crippen molar-refractivity contribution in [3.05, 3.63) is 64.5 Å². The van der Waals surface area contributed by atoms with Crippen LogP contribution in [-0.4, -0.2) is 106 Å². The van der Waals surface area contributed by atoms with Crippen molar-refractivity contribution in [1.82, 2.24) is 34.7 Å². The number of likely N-dealkylation sites (tertiary alicyclic amines) is 1. The van der Waals surface area contributed by atoms with E-state index >= 15 is 0 Å². The molecule has 290 valence electrons. The number of pyridine rings is 2. The van der Waals surface area contributed by atoms with E-state index < -0.39 is 33.1 Å². The molecular weight excluding hydrogens is 755 g/mol. The third-order valence-electron chi connectivity index (χ3n) is 9.54. The number of hydrogen-bond acceptors (Lipinski definition) is 10. The number of aromatic amines is 1. The number of rotatable bonds is 11. The lowest BCUT2D eigenvalue weighted by Gasteiger charge is -2.38. The first-order valence-electron chi connectivity index (χ1n) is 18.1. The van der Waals surface area contributed by atoms with Gasteiger partial charge in [0.05, 0.1) is 20.8 Å². The molecule has 6 rings (SSSR count). The first kappa shape index (κ1) is 39.5. The van der Waals surface area contributed by atoms with E-state index in [0.717, 1.165) is 28.0 Å². The maximum Gasteiger partial charge on any atom is 0.407 e. The third-order valence-corrected chi connectivity index (χ3v) is 12.5. The van der Waals surface area contributed by atoms with Crippen LogP contribution in [0.1, 0.15) is 65.0 Å². The van der Waals surface area contributed by atoms with Gasteiger partial charge in [-0.15, -0.1) is 0 Å². The van der Waals surface area contributed by atoms with E-state index in [1.165, 1.54) is 12.4 Å². The Morgan fingerprint density at radius 3 is 2.35 bits per heavy atom. The molecule has 0 spiro atoms. The number of carbonyl (C=O) groups is 2. The monoisotopic (exact) mass is 800 g/mol. The van der Waals surface area contributed by atoms with Crippen LogP contribution in [0.15, 0.2) is 48.9 Å². The lowest BCUT2D eigenvalue weighted by Crippen LogP contribution is -2.53. The van der Waals surface area contributed by atoms with Gasteiger partial charge in [-0.1, -0.05) is 23.2 Å². The summed E-state index contributed by atoms with van der Waals surface area (Å²) in [6.07, 6.45) is 5.47. The predicted molar refractivity (Wildman–Crippen MR) is 208 cm³/mol. The molecule has 0 radical (unpaired) electrons. The number of benzene rings is 1. The van der Waals surface area contributed by atoms with Crippen LogP contribution in [0.2, 0.25) is 10.0 Å². The van der Waals surface area contributed by atoms with Crippen molar-refractivity contribution < 1.29 is 27.5 Å². The minimum absolute atomic E-state index is 0.0358. The van der Waals surface area contributed by atoms with Gasteiger partial charge in [0.15, 0.2) is 0 Å². The second-order valence-electron chi connectivity index (χ2n) is 14.5. The highest BCUT2D eigenvalue weighted by molar-refractivity contribution is 7.89. The first-order valence-corrected chi connectivity index (χ1v) is 20.3. The maximum atomic E-state index is 13.6. The van der Waals surface area contributed by atoms with E-state index in [1.54, 1.807) is 36.2 Å². The number of hydrogen-bond donors (Lipinski definition) is 2. The van der Waals surface area contributed by atoms with Gasteiger partial charge in [0.2, 0.25) is 15.9 Å². The molecule has 3 aromatic heterocycles. The quantitative estimate of drug-likeness (QED) is 0.167. The second kappa shape index (κ2) is 16.7. The highest BCUT2D eigenvalue weighted by atomic mass is 35.5. The van der Waals surface area contributed by atoms with E-state index in [4.69, 9.17) is 37.7 Å². The van der Waals surface area contributed by atoms with Gasteiger partial charge in [0.25, 0.3) is 0 Å². The summed E-state index contributed by atoms with van der Waals surface area (Å²) in [5.74, 6) is 1.35. The third kappa shape index (κ3) is 9.36. The molecule has 5 heterocycles. The van der Waals surface area contributed by atoms with Crippen molar-refractivity contribution in [2.45, 2.75) is 70.3 Å². The number of anilines is 1. The number of piperazine rings is 1. The lowest BCUT2D eigenvalue weighted by molar-refractivity contribution is -0.132. The molecule has 0 saturated carbocycles. The highest BCUT2D eigenvalue weighted by Crippen LogP contribution is 2.35. The van der Waals surface area contributed by atoms with Gasteiger partial charge >= 0.3 is 6.09 Å². The number of alkyl carbamates (subject to hydrolysis) is 1. The van der Waals surface area contributed by atoms with E-state index in [0.29, 0.717) is 86.4 Å². The molecule has 2 fully saturated rings. The Bertz CT molecular complexity index is 2040. The molecule has 2 N–H and O–H groups in total. The van der Waals surface area contributed by atoms with Crippen molar-refractivity contribution in [3.8, 4) is 17.0 Å². The summed E-state index contributed by atoms with van der Waals surface area (Å²) in [4.78, 5) is 37.1. The van der Waals surface area contributed by atoms with Crippen molar-refractivity contribution in [2.24, 2.45) is 0 Å². The molecule has 4 aromatic rings. The van der Waals surface area contributed by atoms with Gasteiger partial charge in [-0.2, -0.15) is 9.40 Å². The summed E-state index contributed by atoms with van der Waals surface area (Å²) in [5, 5.41) is 11.5. The number of amides is 2. The van der Waals surface area contributed by atoms with E-state index in [1.807, 2.05) is 37.3 Å². The average molecular weight is 802 g/mol. The Hall–Kier alpha value is -4.18. The Morgan fingerprint density at radius 1 is 1.00 bits per heavy atom. The van der Waals surface area contributed by atoms with Gasteiger partial charge in [-0.3, -0.25) is 14.9 Å². The van der Waals surface area contributed by atoms with Gasteiger partial charge in [0.1, 0.15) is 29.0 Å². The summed E-state index contributed by atoms with van der Waals surface area (Å²) >= 11 is 12.7. The highest BCUT2D eigenvalue weighted by Gasteiger charge is 2.37. The summed E-state index contributed by atoms with van der Waals surface area (Å²) in [6, 6.07) is 9.56. The SMILES string of the molecule is C[C@@H](Oc1ccc2[nH]nc(-c3ccc(N4CCN(S(=O)(=O)C5CCN(C(=O)CCCNC(=O)OC(C)(C)C)CC5)CC4)nc3)c2c1)c1c(Cl)cncc1Cl. The Morgan fingerprint density at radius 2 is 1.70 bits per heavy atom. The Labute approximate surface area is 325 Å². The predicted octanol–water partition coefficient (Wildman–Crippen LogP) is 6.21. The van der Waals surface area contributed by atoms with Crippen LogP contribution in [-0.2, 0) is 19.6 Å². The minimum atomic E-state index is -3.52. The average Bonchev–Trinajstić information content (AvgIpc) is 3.56. The number of carbonyl (C=O) groups excluding carboxylic acids is 2. The number of halogens is 2. The minimum Gasteiger partial charge on any atom is -0.486 e. The number of nitrogens with one attached hydrogen (secondary N) is 2. The van der Waals surface area contributed by atoms with Crippen LogP contribution in [0.5, 0.6) is 5.75 Å². The van der Waals surface area contributed by atoms with Crippen LogP contribution in [0.25, 0.3) is 22.2 Å². The zero-order valence-corrected chi connectivity index (χ0v) is 33.2. The molecule has 2 aliphatic rings. The summed E-state index contributed by atoms with van der Waals surface area (Å²) < 4.78 is 40.2. The van der Waals surface area contributed by atoms with E-state index in [9.17, 15) is 18.0 Å². The fraction of sp³-hybridized carbons (Fsp3) is 0.486. The number of H-pyrrole nitrogens is 1. The number of ether oxygens (including phenoxy) is 2. The molecule has 2 amide bonds. The summed E-state index contributed by atoms with van der Waals surface area (Å²) in [7, 11) is -3.52. The normalized spacial score (nSPS) is 16.7. The van der Waals surface area contributed by atoms with Crippen molar-refractivity contribution in [1.29, 1.82) is 0 Å². The fourth-order valence-electron chi connectivity index (χ4n) is 6.76. The number of nitrogens with zero attached hydrogens (tertiary/aromatic N) is 6. The number of sulfonamides is 1. The van der Waals surface area contributed by atoms with Gasteiger partial charge < -0.3 is 24.6 Å². The van der Waals surface area contributed by atoms with Gasteiger partial charge in [-0.05, 0) is 77.3 Å². The smallest absolute Gasteiger partial charge is 0.407 e. The standard InChI is InChI=1S/C37H46Cl2N8O6S/c1-24(34-29(38)22-40-23-30(34)39)52-26-8-9-31-28(20-26)35(44-43-31)25-7-10-32(42-21-25)45-16-18-47(19-17-45)54(50,51)27-11-14-46(15-12-27)33(48)6-5-13-41-36(49)53-37(2,3)4/h7-10,20-24,27H,5-6,11-19H2,1-4H3,(H,41,49)(H,43,44)/t24-/m1/s1. The molecule has 14 nitrogen and oxygen atoms in total. The molecule has 1 aromatic carbocycles. The lowest BCUT2D eigenvalue weighted by atomic mass is 10.1. The molecule has 54 heavy (non-hydrogen) atoms. The zero-order chi connectivity index (χ0) is 38.6. The van der Waals surface area contributed by atoms with Crippen molar-refractivity contribution >= 4 is 61.9 Å². The molecule has 17 heteroatoms. The van der Waals surface area contributed by atoms with Crippen LogP contribution in [0, 0.1) is 0 Å². The number of piperidine rings is 1. The molecule has 2 saturated heterocycles. The summed E-state index contributed by atoms with van der Waals surface area (Å²) in [6.45, 7) is 10.1. The number of fused-ring (bicyclic) bond motifs is 1. The molecule has 0 unspecified atom stereocenters. The Balaban J connectivity index is 0.986. The fourth-order valence-corrected chi connectivity index (χ4v) is 9.33. The zero-order valence-electron chi connectivity index (χ0n) is 30.8. The van der Waals surface area contributed by atoms with Crippen LogP contribution in [0.3, 0.4) is 0 Å². The van der Waals surface area contributed by atoms with Crippen LogP contribution >= 0.6 is 23.2 Å². The molecule has 0 aliphatic carbocycles.